The second-order valence-electron chi connectivity index (χ2n) is 5.40. The molecular weight excluding hydrogens is 292 g/mol. The molecular formula is C15H14N8. The molecule has 0 aromatic carbocycles. The SMILES string of the molecule is N#Cc1cnc(N2CCC(Nc3ccc4nccn4n3)C2)cn1. The van der Waals surface area contributed by atoms with E-state index in [2.05, 4.69) is 30.3 Å². The Morgan fingerprint density at radius 2 is 2.17 bits per heavy atom. The first-order valence-electron chi connectivity index (χ1n) is 7.36. The zero-order valence-electron chi connectivity index (χ0n) is 12.3. The predicted molar refractivity (Wildman–Crippen MR) is 84.0 cm³/mol. The van der Waals surface area contributed by atoms with Crippen LogP contribution in [0.25, 0.3) is 5.65 Å². The van der Waals surface area contributed by atoms with E-state index in [1.807, 2.05) is 24.4 Å². The van der Waals surface area contributed by atoms with E-state index in [0.717, 1.165) is 36.8 Å². The van der Waals surface area contributed by atoms with Crippen LogP contribution in [0.2, 0.25) is 0 Å². The molecule has 3 aromatic heterocycles. The van der Waals surface area contributed by atoms with Crippen LogP contribution in [0, 0.1) is 11.3 Å². The first-order chi connectivity index (χ1) is 11.3. The fraction of sp³-hybridized carbons (Fsp3) is 0.267. The van der Waals surface area contributed by atoms with Gasteiger partial charge in [0.15, 0.2) is 11.3 Å². The average Bonchev–Trinajstić information content (AvgIpc) is 3.24. The minimum absolute atomic E-state index is 0.293. The number of imidazole rings is 1. The van der Waals surface area contributed by atoms with Gasteiger partial charge in [-0.3, -0.25) is 0 Å². The minimum atomic E-state index is 0.293. The number of anilines is 2. The summed E-state index contributed by atoms with van der Waals surface area (Å²) < 4.78 is 1.75. The minimum Gasteiger partial charge on any atom is -0.364 e. The summed E-state index contributed by atoms with van der Waals surface area (Å²) in [5.41, 5.74) is 1.16. The van der Waals surface area contributed by atoms with E-state index in [4.69, 9.17) is 5.26 Å². The highest BCUT2D eigenvalue weighted by molar-refractivity contribution is 5.46. The standard InChI is InChI=1S/C15H14N8/c16-7-12-8-19-15(9-18-12)22-5-3-11(10-22)20-13-1-2-14-17-4-6-23(14)21-13/h1-2,4,6,8-9,11H,3,5,10H2,(H,20,21). The van der Waals surface area contributed by atoms with E-state index in [9.17, 15) is 0 Å². The number of hydrogen-bond donors (Lipinski definition) is 1. The van der Waals surface area contributed by atoms with Crippen molar-refractivity contribution in [3.05, 3.63) is 42.6 Å². The summed E-state index contributed by atoms with van der Waals surface area (Å²) in [5.74, 6) is 1.62. The molecule has 1 N–H and O–H groups in total. The molecule has 1 aliphatic rings. The Hall–Kier alpha value is -3.21. The van der Waals surface area contributed by atoms with Gasteiger partial charge in [0, 0.05) is 31.5 Å². The quantitative estimate of drug-likeness (QED) is 0.773. The summed E-state index contributed by atoms with van der Waals surface area (Å²) in [7, 11) is 0. The summed E-state index contributed by atoms with van der Waals surface area (Å²) in [6.07, 6.45) is 7.70. The number of rotatable bonds is 3. The maximum absolute atomic E-state index is 8.77. The van der Waals surface area contributed by atoms with Crippen molar-refractivity contribution in [2.45, 2.75) is 12.5 Å². The predicted octanol–water partition coefficient (Wildman–Crippen LogP) is 1.08. The van der Waals surface area contributed by atoms with Crippen LogP contribution in [-0.2, 0) is 0 Å². The summed E-state index contributed by atoms with van der Waals surface area (Å²) >= 11 is 0. The molecule has 1 saturated heterocycles. The number of hydrogen-bond acceptors (Lipinski definition) is 7. The van der Waals surface area contributed by atoms with Gasteiger partial charge < -0.3 is 10.2 Å². The van der Waals surface area contributed by atoms with Gasteiger partial charge in [0.05, 0.1) is 12.4 Å². The van der Waals surface area contributed by atoms with Gasteiger partial charge in [-0.05, 0) is 18.6 Å². The Morgan fingerprint density at radius 3 is 3.00 bits per heavy atom. The van der Waals surface area contributed by atoms with E-state index < -0.39 is 0 Å². The van der Waals surface area contributed by atoms with Crippen LogP contribution in [0.3, 0.4) is 0 Å². The number of nitrogens with zero attached hydrogens (tertiary/aromatic N) is 7. The molecule has 1 atom stereocenters. The lowest BCUT2D eigenvalue weighted by molar-refractivity contribution is 0.787. The molecule has 114 valence electrons. The largest absolute Gasteiger partial charge is 0.364 e. The van der Waals surface area contributed by atoms with Gasteiger partial charge in [-0.1, -0.05) is 0 Å². The van der Waals surface area contributed by atoms with Crippen LogP contribution in [0.5, 0.6) is 0 Å². The van der Waals surface area contributed by atoms with Crippen LogP contribution in [0.4, 0.5) is 11.6 Å². The Labute approximate surface area is 132 Å². The number of nitriles is 1. The Balaban J connectivity index is 1.44. The van der Waals surface area contributed by atoms with Gasteiger partial charge in [0.25, 0.3) is 0 Å². The van der Waals surface area contributed by atoms with Gasteiger partial charge in [0.1, 0.15) is 17.7 Å². The molecule has 1 aliphatic heterocycles. The highest BCUT2D eigenvalue weighted by Gasteiger charge is 2.24. The van der Waals surface area contributed by atoms with Crippen LogP contribution < -0.4 is 10.2 Å². The van der Waals surface area contributed by atoms with Crippen molar-refractivity contribution in [3.63, 3.8) is 0 Å². The molecule has 0 saturated carbocycles. The van der Waals surface area contributed by atoms with Gasteiger partial charge in [-0.25, -0.2) is 19.5 Å². The molecule has 4 rings (SSSR count). The molecule has 0 amide bonds. The number of fused-ring (bicyclic) bond motifs is 1. The molecule has 1 fully saturated rings. The van der Waals surface area contributed by atoms with Crippen molar-refractivity contribution in [2.75, 3.05) is 23.3 Å². The van der Waals surface area contributed by atoms with Crippen molar-refractivity contribution in [1.82, 2.24) is 24.6 Å². The van der Waals surface area contributed by atoms with E-state index >= 15 is 0 Å². The van der Waals surface area contributed by atoms with Crippen molar-refractivity contribution < 1.29 is 0 Å². The van der Waals surface area contributed by atoms with Crippen LogP contribution in [-0.4, -0.2) is 43.7 Å². The average molecular weight is 306 g/mol. The molecule has 8 nitrogen and oxygen atoms in total. The highest BCUT2D eigenvalue weighted by atomic mass is 15.3. The normalized spacial score (nSPS) is 17.3. The Bertz CT molecular complexity index is 863. The zero-order valence-corrected chi connectivity index (χ0v) is 12.3. The summed E-state index contributed by atoms with van der Waals surface area (Å²) in [4.78, 5) is 14.7. The van der Waals surface area contributed by atoms with Gasteiger partial charge >= 0.3 is 0 Å². The topological polar surface area (TPSA) is 95.0 Å². The lowest BCUT2D eigenvalue weighted by Crippen LogP contribution is -2.27. The van der Waals surface area contributed by atoms with Gasteiger partial charge in [-0.2, -0.15) is 5.26 Å². The second kappa shape index (κ2) is 5.53. The lowest BCUT2D eigenvalue weighted by Gasteiger charge is -2.17. The molecule has 3 aromatic rings. The fourth-order valence-corrected chi connectivity index (χ4v) is 2.73. The second-order valence-corrected chi connectivity index (χ2v) is 5.40. The lowest BCUT2D eigenvalue weighted by atomic mass is 10.2. The molecule has 23 heavy (non-hydrogen) atoms. The monoisotopic (exact) mass is 306 g/mol. The molecule has 0 radical (unpaired) electrons. The maximum Gasteiger partial charge on any atom is 0.158 e. The van der Waals surface area contributed by atoms with E-state index in [0.29, 0.717) is 11.7 Å². The maximum atomic E-state index is 8.77. The third kappa shape index (κ3) is 2.64. The molecule has 8 heteroatoms. The van der Waals surface area contributed by atoms with Crippen molar-refractivity contribution >= 4 is 17.3 Å². The Morgan fingerprint density at radius 1 is 1.22 bits per heavy atom. The highest BCUT2D eigenvalue weighted by Crippen LogP contribution is 2.19. The van der Waals surface area contributed by atoms with Crippen molar-refractivity contribution in [1.29, 1.82) is 5.26 Å². The summed E-state index contributed by atoms with van der Waals surface area (Å²) in [5, 5.41) is 16.7. The Kier molecular flexibility index (Phi) is 3.24. The molecule has 0 aliphatic carbocycles. The van der Waals surface area contributed by atoms with Gasteiger partial charge in [0.2, 0.25) is 0 Å². The van der Waals surface area contributed by atoms with E-state index in [1.54, 1.807) is 16.9 Å². The first-order valence-corrected chi connectivity index (χ1v) is 7.36. The molecule has 0 spiro atoms. The smallest absolute Gasteiger partial charge is 0.158 e. The molecule has 1 unspecified atom stereocenters. The van der Waals surface area contributed by atoms with Crippen LogP contribution in [0.1, 0.15) is 12.1 Å². The van der Waals surface area contributed by atoms with E-state index in [-0.39, 0.29) is 0 Å². The summed E-state index contributed by atoms with van der Waals surface area (Å²) in [6.45, 7) is 1.72. The number of nitrogens with one attached hydrogen (secondary N) is 1. The van der Waals surface area contributed by atoms with E-state index in [1.165, 1.54) is 6.20 Å². The fourth-order valence-electron chi connectivity index (χ4n) is 2.73. The van der Waals surface area contributed by atoms with Crippen molar-refractivity contribution in [2.24, 2.45) is 0 Å². The number of aromatic nitrogens is 5. The van der Waals surface area contributed by atoms with Gasteiger partial charge in [-0.15, -0.1) is 5.10 Å². The van der Waals surface area contributed by atoms with Crippen molar-refractivity contribution in [3.8, 4) is 6.07 Å². The zero-order chi connectivity index (χ0) is 15.6. The molecule has 0 bridgehead atoms. The van der Waals surface area contributed by atoms with Crippen LogP contribution in [0.15, 0.2) is 36.9 Å². The first kappa shape index (κ1) is 13.5. The molecule has 4 heterocycles. The van der Waals surface area contributed by atoms with Crippen LogP contribution >= 0.6 is 0 Å². The summed E-state index contributed by atoms with van der Waals surface area (Å²) in [6, 6.07) is 6.15. The third-order valence-electron chi connectivity index (χ3n) is 3.87. The third-order valence-corrected chi connectivity index (χ3v) is 3.87.